The first-order chi connectivity index (χ1) is 8.20. The molecule has 0 aliphatic carbocycles. The van der Waals surface area contributed by atoms with Gasteiger partial charge >= 0.3 is 0 Å². The van der Waals surface area contributed by atoms with Crippen molar-refractivity contribution in [3.63, 3.8) is 0 Å². The normalized spacial score (nSPS) is 10.3. The molecule has 0 aliphatic heterocycles. The number of aliphatic hydroxyl groups is 1. The van der Waals surface area contributed by atoms with Gasteiger partial charge in [-0.3, -0.25) is 0 Å². The zero-order chi connectivity index (χ0) is 12.3. The Hall–Kier alpha value is -1.39. The van der Waals surface area contributed by atoms with Crippen molar-refractivity contribution in [1.29, 1.82) is 0 Å². The topological polar surface area (TPSA) is 42.4 Å². The monoisotopic (exact) mass is 293 g/mol. The fourth-order valence-corrected chi connectivity index (χ4v) is 1.80. The number of pyridine rings is 1. The number of hydrogen-bond acceptors (Lipinski definition) is 3. The lowest BCUT2D eigenvalue weighted by molar-refractivity contribution is 0.280. The van der Waals surface area contributed by atoms with Crippen LogP contribution < -0.4 is 4.74 Å². The number of aromatic nitrogens is 1. The van der Waals surface area contributed by atoms with E-state index in [9.17, 15) is 0 Å². The number of aliphatic hydroxyl groups excluding tert-OH is 1. The smallest absolute Gasteiger partial charge is 0.219 e. The van der Waals surface area contributed by atoms with Gasteiger partial charge in [0, 0.05) is 11.8 Å². The van der Waals surface area contributed by atoms with E-state index >= 15 is 0 Å². The SMILES string of the molecule is Cc1nc(Oc2ccccc2Br)ccc1CO. The van der Waals surface area contributed by atoms with Crippen molar-refractivity contribution in [1.82, 2.24) is 4.98 Å². The van der Waals surface area contributed by atoms with Crippen LogP contribution in [-0.4, -0.2) is 10.1 Å². The van der Waals surface area contributed by atoms with Gasteiger partial charge in [0.2, 0.25) is 5.88 Å². The molecule has 1 aromatic carbocycles. The molecule has 0 fully saturated rings. The van der Waals surface area contributed by atoms with Crippen LogP contribution in [0.1, 0.15) is 11.3 Å². The van der Waals surface area contributed by atoms with Gasteiger partial charge in [-0.2, -0.15) is 0 Å². The minimum absolute atomic E-state index is 0.00581. The second-order valence-electron chi connectivity index (χ2n) is 3.58. The van der Waals surface area contributed by atoms with E-state index < -0.39 is 0 Å². The lowest BCUT2D eigenvalue weighted by Gasteiger charge is -2.08. The summed E-state index contributed by atoms with van der Waals surface area (Å²) in [7, 11) is 0. The Morgan fingerprint density at radius 1 is 1.24 bits per heavy atom. The third-order valence-electron chi connectivity index (χ3n) is 2.39. The predicted molar refractivity (Wildman–Crippen MR) is 69.1 cm³/mol. The van der Waals surface area contributed by atoms with Gasteiger partial charge in [-0.05, 0) is 46.6 Å². The van der Waals surface area contributed by atoms with E-state index in [0.717, 1.165) is 21.5 Å². The van der Waals surface area contributed by atoms with Crippen LogP contribution in [0, 0.1) is 6.92 Å². The zero-order valence-corrected chi connectivity index (χ0v) is 10.9. The molecule has 0 amide bonds. The molecule has 0 radical (unpaired) electrons. The quantitative estimate of drug-likeness (QED) is 0.943. The van der Waals surface area contributed by atoms with E-state index in [1.54, 1.807) is 6.07 Å². The summed E-state index contributed by atoms with van der Waals surface area (Å²) in [5.74, 6) is 1.24. The number of para-hydroxylation sites is 1. The molecule has 0 atom stereocenters. The molecule has 88 valence electrons. The van der Waals surface area contributed by atoms with Crippen LogP contribution in [0.2, 0.25) is 0 Å². The fourth-order valence-electron chi connectivity index (χ4n) is 1.43. The summed E-state index contributed by atoms with van der Waals surface area (Å²) in [4.78, 5) is 4.28. The summed E-state index contributed by atoms with van der Waals surface area (Å²) in [6.07, 6.45) is 0. The molecule has 17 heavy (non-hydrogen) atoms. The largest absolute Gasteiger partial charge is 0.438 e. The molecular formula is C13H12BrNO2. The van der Waals surface area contributed by atoms with Crippen molar-refractivity contribution in [3.05, 3.63) is 52.1 Å². The lowest BCUT2D eigenvalue weighted by atomic mass is 10.2. The summed E-state index contributed by atoms with van der Waals surface area (Å²) in [6, 6.07) is 11.2. The van der Waals surface area contributed by atoms with Gasteiger partial charge < -0.3 is 9.84 Å². The highest BCUT2D eigenvalue weighted by Gasteiger charge is 2.05. The van der Waals surface area contributed by atoms with E-state index in [4.69, 9.17) is 9.84 Å². The Balaban J connectivity index is 2.25. The van der Waals surface area contributed by atoms with Crippen LogP contribution in [0.3, 0.4) is 0 Å². The van der Waals surface area contributed by atoms with Crippen LogP contribution in [0.25, 0.3) is 0 Å². The summed E-state index contributed by atoms with van der Waals surface area (Å²) in [6.45, 7) is 1.84. The van der Waals surface area contributed by atoms with Crippen molar-refractivity contribution in [3.8, 4) is 11.6 Å². The minimum Gasteiger partial charge on any atom is -0.438 e. The number of hydrogen-bond donors (Lipinski definition) is 1. The maximum atomic E-state index is 9.05. The van der Waals surface area contributed by atoms with E-state index in [1.165, 1.54) is 0 Å². The molecule has 4 heteroatoms. The molecule has 1 aromatic heterocycles. The average Bonchev–Trinajstić information content (AvgIpc) is 2.32. The average molecular weight is 294 g/mol. The lowest BCUT2D eigenvalue weighted by Crippen LogP contribution is -1.95. The van der Waals surface area contributed by atoms with Crippen molar-refractivity contribution in [2.45, 2.75) is 13.5 Å². The summed E-state index contributed by atoms with van der Waals surface area (Å²) in [5, 5.41) is 9.05. The fraction of sp³-hybridized carbons (Fsp3) is 0.154. The molecule has 1 heterocycles. The van der Waals surface area contributed by atoms with Gasteiger partial charge in [0.15, 0.2) is 0 Å². The summed E-state index contributed by atoms with van der Waals surface area (Å²) < 4.78 is 6.53. The summed E-state index contributed by atoms with van der Waals surface area (Å²) in [5.41, 5.74) is 1.58. The van der Waals surface area contributed by atoms with Crippen molar-refractivity contribution < 1.29 is 9.84 Å². The van der Waals surface area contributed by atoms with Gasteiger partial charge in [0.25, 0.3) is 0 Å². The van der Waals surface area contributed by atoms with E-state index in [1.807, 2.05) is 37.3 Å². The second kappa shape index (κ2) is 5.29. The maximum absolute atomic E-state index is 9.05. The number of halogens is 1. The number of rotatable bonds is 3. The Bertz CT molecular complexity index is 529. The van der Waals surface area contributed by atoms with Crippen LogP contribution in [0.15, 0.2) is 40.9 Å². The molecular weight excluding hydrogens is 282 g/mol. The van der Waals surface area contributed by atoms with Crippen molar-refractivity contribution in [2.24, 2.45) is 0 Å². The Labute approximate surface area is 108 Å². The van der Waals surface area contributed by atoms with E-state index in [0.29, 0.717) is 5.88 Å². The number of aryl methyl sites for hydroxylation is 1. The zero-order valence-electron chi connectivity index (χ0n) is 9.35. The first kappa shape index (κ1) is 12.1. The van der Waals surface area contributed by atoms with Crippen LogP contribution in [-0.2, 0) is 6.61 Å². The molecule has 2 rings (SSSR count). The molecule has 0 aliphatic rings. The number of benzene rings is 1. The highest BCUT2D eigenvalue weighted by atomic mass is 79.9. The maximum Gasteiger partial charge on any atom is 0.219 e. The molecule has 0 bridgehead atoms. The molecule has 0 saturated carbocycles. The molecule has 1 N–H and O–H groups in total. The van der Waals surface area contributed by atoms with E-state index in [-0.39, 0.29) is 6.61 Å². The van der Waals surface area contributed by atoms with Gasteiger partial charge in [-0.25, -0.2) is 4.98 Å². The molecule has 0 unspecified atom stereocenters. The predicted octanol–water partition coefficient (Wildman–Crippen LogP) is 3.44. The van der Waals surface area contributed by atoms with Crippen LogP contribution in [0.5, 0.6) is 11.6 Å². The molecule has 3 nitrogen and oxygen atoms in total. The Kier molecular flexibility index (Phi) is 3.76. The highest BCUT2D eigenvalue weighted by Crippen LogP contribution is 2.28. The first-order valence-corrected chi connectivity index (χ1v) is 6.00. The van der Waals surface area contributed by atoms with E-state index in [2.05, 4.69) is 20.9 Å². The summed E-state index contributed by atoms with van der Waals surface area (Å²) >= 11 is 3.41. The minimum atomic E-state index is -0.00581. The Morgan fingerprint density at radius 2 is 2.00 bits per heavy atom. The molecule has 2 aromatic rings. The third kappa shape index (κ3) is 2.84. The molecule has 0 saturated heterocycles. The van der Waals surface area contributed by atoms with Crippen molar-refractivity contribution >= 4 is 15.9 Å². The first-order valence-electron chi connectivity index (χ1n) is 5.20. The Morgan fingerprint density at radius 3 is 2.65 bits per heavy atom. The van der Waals surface area contributed by atoms with Gasteiger partial charge in [-0.1, -0.05) is 12.1 Å². The van der Waals surface area contributed by atoms with Gasteiger partial charge in [-0.15, -0.1) is 0 Å². The van der Waals surface area contributed by atoms with Crippen LogP contribution in [0.4, 0.5) is 0 Å². The number of nitrogens with zero attached hydrogens (tertiary/aromatic N) is 1. The molecule has 0 spiro atoms. The standard InChI is InChI=1S/C13H12BrNO2/c1-9-10(8-16)6-7-13(15-9)17-12-5-3-2-4-11(12)14/h2-7,16H,8H2,1H3. The third-order valence-corrected chi connectivity index (χ3v) is 3.05. The van der Waals surface area contributed by atoms with Crippen molar-refractivity contribution in [2.75, 3.05) is 0 Å². The van der Waals surface area contributed by atoms with Crippen LogP contribution >= 0.6 is 15.9 Å². The highest BCUT2D eigenvalue weighted by molar-refractivity contribution is 9.10. The number of ether oxygens (including phenoxy) is 1. The second-order valence-corrected chi connectivity index (χ2v) is 4.44. The van der Waals surface area contributed by atoms with Gasteiger partial charge in [0.05, 0.1) is 11.1 Å². The van der Waals surface area contributed by atoms with Gasteiger partial charge in [0.1, 0.15) is 5.75 Å².